The van der Waals surface area contributed by atoms with Gasteiger partial charge in [0.1, 0.15) is 17.0 Å². The van der Waals surface area contributed by atoms with Crippen LogP contribution in [0.2, 0.25) is 0 Å². The molecule has 1 fully saturated rings. The minimum Gasteiger partial charge on any atom is -0.494 e. The van der Waals surface area contributed by atoms with Gasteiger partial charge in [-0.05, 0) is 56.5 Å². The Morgan fingerprint density at radius 1 is 1.09 bits per heavy atom. The molecule has 34 heavy (non-hydrogen) atoms. The lowest BCUT2D eigenvalue weighted by molar-refractivity contribution is -0.134. The van der Waals surface area contributed by atoms with E-state index in [1.807, 2.05) is 73.0 Å². The van der Waals surface area contributed by atoms with Crippen molar-refractivity contribution < 1.29 is 14.3 Å². The standard InChI is InChI=1S/C28H33N3O3/c1-3-34-23-15-13-20(14-16-23)18-31-26(32)25-17-21-9-7-8-12-24(21)30(25)19-28(31,2)27(33)29-22-10-5-4-6-11-22/h7-9,12-17,22H,3-6,10-11,18-19H2,1-2H3,(H,29,33)/t28-/m1/s1. The number of rotatable bonds is 6. The molecular formula is C28H33N3O3. The number of para-hydroxylation sites is 1. The van der Waals surface area contributed by atoms with Crippen LogP contribution in [-0.2, 0) is 17.9 Å². The topological polar surface area (TPSA) is 63.6 Å². The molecule has 2 aliphatic rings. The largest absolute Gasteiger partial charge is 0.494 e. The van der Waals surface area contributed by atoms with E-state index in [9.17, 15) is 9.59 Å². The smallest absolute Gasteiger partial charge is 0.271 e. The Hall–Kier alpha value is -3.28. The Balaban J connectivity index is 1.51. The van der Waals surface area contributed by atoms with Crippen molar-refractivity contribution in [3.8, 4) is 5.75 Å². The third kappa shape index (κ3) is 4.06. The molecular weight excluding hydrogens is 426 g/mol. The molecule has 1 atom stereocenters. The number of nitrogens with one attached hydrogen (secondary N) is 1. The maximum absolute atomic E-state index is 13.9. The second-order valence-corrected chi connectivity index (χ2v) is 9.73. The molecule has 5 rings (SSSR count). The molecule has 1 aromatic heterocycles. The van der Waals surface area contributed by atoms with Crippen LogP contribution >= 0.6 is 0 Å². The Labute approximate surface area is 200 Å². The van der Waals surface area contributed by atoms with E-state index in [0.29, 0.717) is 25.4 Å². The summed E-state index contributed by atoms with van der Waals surface area (Å²) in [6.07, 6.45) is 5.52. The molecule has 3 aromatic rings. The van der Waals surface area contributed by atoms with Gasteiger partial charge in [0.2, 0.25) is 5.91 Å². The van der Waals surface area contributed by atoms with Gasteiger partial charge < -0.3 is 19.5 Å². The maximum Gasteiger partial charge on any atom is 0.271 e. The van der Waals surface area contributed by atoms with E-state index in [0.717, 1.165) is 47.9 Å². The number of hydrogen-bond donors (Lipinski definition) is 1. The Morgan fingerprint density at radius 3 is 2.56 bits per heavy atom. The van der Waals surface area contributed by atoms with Gasteiger partial charge in [0, 0.05) is 23.5 Å². The molecule has 0 radical (unpaired) electrons. The van der Waals surface area contributed by atoms with Crippen molar-refractivity contribution in [3.05, 3.63) is 65.9 Å². The van der Waals surface area contributed by atoms with E-state index in [1.165, 1.54) is 6.42 Å². The molecule has 0 spiro atoms. The fraction of sp³-hybridized carbons (Fsp3) is 0.429. The van der Waals surface area contributed by atoms with Crippen molar-refractivity contribution >= 4 is 22.7 Å². The van der Waals surface area contributed by atoms with Crippen molar-refractivity contribution in [1.29, 1.82) is 0 Å². The van der Waals surface area contributed by atoms with Crippen LogP contribution in [0, 0.1) is 0 Å². The number of benzene rings is 2. The molecule has 2 amide bonds. The van der Waals surface area contributed by atoms with Crippen molar-refractivity contribution in [3.63, 3.8) is 0 Å². The number of amides is 2. The van der Waals surface area contributed by atoms with Crippen LogP contribution < -0.4 is 10.1 Å². The number of carbonyl (C=O) groups excluding carboxylic acids is 2. The highest BCUT2D eigenvalue weighted by Crippen LogP contribution is 2.34. The molecule has 2 heterocycles. The molecule has 0 bridgehead atoms. The molecule has 0 saturated heterocycles. The average Bonchev–Trinajstić information content (AvgIpc) is 3.22. The predicted octanol–water partition coefficient (Wildman–Crippen LogP) is 4.90. The zero-order valence-electron chi connectivity index (χ0n) is 20.0. The molecule has 1 N–H and O–H groups in total. The number of aromatic nitrogens is 1. The first-order chi connectivity index (χ1) is 16.5. The fourth-order valence-electron chi connectivity index (χ4n) is 5.38. The molecule has 0 unspecified atom stereocenters. The number of ether oxygens (including phenoxy) is 1. The highest BCUT2D eigenvalue weighted by molar-refractivity contribution is 6.03. The summed E-state index contributed by atoms with van der Waals surface area (Å²) in [5.41, 5.74) is 1.60. The number of hydrogen-bond acceptors (Lipinski definition) is 3. The summed E-state index contributed by atoms with van der Waals surface area (Å²) in [6.45, 7) is 5.26. The van der Waals surface area contributed by atoms with Gasteiger partial charge in [-0.25, -0.2) is 0 Å². The summed E-state index contributed by atoms with van der Waals surface area (Å²) < 4.78 is 7.59. The first-order valence-corrected chi connectivity index (χ1v) is 12.4. The van der Waals surface area contributed by atoms with E-state index in [2.05, 4.69) is 5.32 Å². The lowest BCUT2D eigenvalue weighted by Gasteiger charge is -2.45. The van der Waals surface area contributed by atoms with Gasteiger partial charge >= 0.3 is 0 Å². The normalized spacial score (nSPS) is 20.9. The lowest BCUT2D eigenvalue weighted by atomic mass is 9.91. The van der Waals surface area contributed by atoms with Gasteiger partial charge in [-0.15, -0.1) is 0 Å². The lowest BCUT2D eigenvalue weighted by Crippen LogP contribution is -2.64. The zero-order chi connectivity index (χ0) is 23.7. The number of fused-ring (bicyclic) bond motifs is 3. The summed E-state index contributed by atoms with van der Waals surface area (Å²) in [5.74, 6) is 0.619. The summed E-state index contributed by atoms with van der Waals surface area (Å²) in [6, 6.07) is 17.9. The second kappa shape index (κ2) is 9.16. The SMILES string of the molecule is CCOc1ccc(CN2C(=O)c3cc4ccccc4n3C[C@]2(C)C(=O)NC2CCCCC2)cc1. The Bertz CT molecular complexity index is 1190. The predicted molar refractivity (Wildman–Crippen MR) is 133 cm³/mol. The van der Waals surface area contributed by atoms with Crippen LogP contribution in [0.1, 0.15) is 62.0 Å². The van der Waals surface area contributed by atoms with Gasteiger partial charge in [0.05, 0.1) is 13.2 Å². The van der Waals surface area contributed by atoms with E-state index in [4.69, 9.17) is 4.74 Å². The van der Waals surface area contributed by atoms with Crippen LogP contribution in [0.4, 0.5) is 0 Å². The third-order valence-corrected chi connectivity index (χ3v) is 7.34. The first-order valence-electron chi connectivity index (χ1n) is 12.4. The van der Waals surface area contributed by atoms with E-state index < -0.39 is 5.54 Å². The van der Waals surface area contributed by atoms with Crippen molar-refractivity contribution in [1.82, 2.24) is 14.8 Å². The van der Waals surface area contributed by atoms with Crippen LogP contribution in [-0.4, -0.2) is 39.5 Å². The second-order valence-electron chi connectivity index (χ2n) is 9.73. The minimum atomic E-state index is -0.998. The monoisotopic (exact) mass is 459 g/mol. The highest BCUT2D eigenvalue weighted by Gasteiger charge is 2.48. The Kier molecular flexibility index (Phi) is 6.07. The van der Waals surface area contributed by atoms with Crippen LogP contribution in [0.3, 0.4) is 0 Å². The third-order valence-electron chi connectivity index (χ3n) is 7.34. The van der Waals surface area contributed by atoms with Gasteiger partial charge in [-0.3, -0.25) is 9.59 Å². The van der Waals surface area contributed by atoms with Crippen molar-refractivity contribution in [2.45, 2.75) is 70.6 Å². The average molecular weight is 460 g/mol. The van der Waals surface area contributed by atoms with Crippen LogP contribution in [0.5, 0.6) is 5.75 Å². The molecule has 178 valence electrons. The number of carbonyl (C=O) groups is 2. The Morgan fingerprint density at radius 2 is 1.82 bits per heavy atom. The fourth-order valence-corrected chi connectivity index (χ4v) is 5.38. The molecule has 6 nitrogen and oxygen atoms in total. The van der Waals surface area contributed by atoms with Gasteiger partial charge in [-0.2, -0.15) is 0 Å². The highest BCUT2D eigenvalue weighted by atomic mass is 16.5. The summed E-state index contributed by atoms with van der Waals surface area (Å²) >= 11 is 0. The van der Waals surface area contributed by atoms with E-state index in [-0.39, 0.29) is 17.9 Å². The molecule has 2 aromatic carbocycles. The zero-order valence-corrected chi connectivity index (χ0v) is 20.0. The summed E-state index contributed by atoms with van der Waals surface area (Å²) in [5, 5.41) is 4.31. The quantitative estimate of drug-likeness (QED) is 0.570. The molecule has 6 heteroatoms. The van der Waals surface area contributed by atoms with Gasteiger partial charge in [0.25, 0.3) is 5.91 Å². The molecule has 1 saturated carbocycles. The molecule has 1 aliphatic heterocycles. The van der Waals surface area contributed by atoms with Crippen molar-refractivity contribution in [2.24, 2.45) is 0 Å². The summed E-state index contributed by atoms with van der Waals surface area (Å²) in [4.78, 5) is 29.4. The van der Waals surface area contributed by atoms with Crippen LogP contribution in [0.25, 0.3) is 10.9 Å². The first kappa shape index (κ1) is 22.5. The van der Waals surface area contributed by atoms with Gasteiger partial charge in [-0.1, -0.05) is 49.6 Å². The van der Waals surface area contributed by atoms with Crippen molar-refractivity contribution in [2.75, 3.05) is 6.61 Å². The van der Waals surface area contributed by atoms with Gasteiger partial charge in [0.15, 0.2) is 0 Å². The number of nitrogens with zero attached hydrogens (tertiary/aromatic N) is 2. The van der Waals surface area contributed by atoms with E-state index in [1.54, 1.807) is 4.90 Å². The minimum absolute atomic E-state index is 0.0675. The molecule has 1 aliphatic carbocycles. The van der Waals surface area contributed by atoms with E-state index >= 15 is 0 Å². The summed E-state index contributed by atoms with van der Waals surface area (Å²) in [7, 11) is 0. The van der Waals surface area contributed by atoms with Crippen LogP contribution in [0.15, 0.2) is 54.6 Å². The maximum atomic E-state index is 13.9.